The zero-order chi connectivity index (χ0) is 14.1. The van der Waals surface area contributed by atoms with Crippen molar-refractivity contribution in [3.63, 3.8) is 0 Å². The van der Waals surface area contributed by atoms with Crippen LogP contribution in [0.4, 0.5) is 0 Å². The summed E-state index contributed by atoms with van der Waals surface area (Å²) in [5, 5.41) is 3.42. The van der Waals surface area contributed by atoms with Gasteiger partial charge in [0.2, 0.25) is 6.10 Å². The topological polar surface area (TPSA) is 50.8 Å². The van der Waals surface area contributed by atoms with Gasteiger partial charge in [0.1, 0.15) is 6.61 Å². The standard InChI is InChI=1S/C15H20N2O3.ClH/c1-10-7-17(8-11(2)16-10)15(18)14-9-19-12-5-3-4-6-13(12)20-14;/h3-6,10-11,14,16H,7-9H2,1-2H3;1H. The van der Waals surface area contributed by atoms with Crippen molar-refractivity contribution in [3.05, 3.63) is 24.3 Å². The third-order valence-electron chi connectivity index (χ3n) is 3.65. The van der Waals surface area contributed by atoms with Crippen molar-refractivity contribution in [2.24, 2.45) is 0 Å². The largest absolute Gasteiger partial charge is 0.485 e. The predicted octanol–water partition coefficient (Wildman–Crippen LogP) is 1.46. The van der Waals surface area contributed by atoms with E-state index in [0.29, 0.717) is 36.7 Å². The Morgan fingerprint density at radius 3 is 2.48 bits per heavy atom. The van der Waals surface area contributed by atoms with E-state index in [-0.39, 0.29) is 24.9 Å². The van der Waals surface area contributed by atoms with E-state index in [1.165, 1.54) is 0 Å². The number of ether oxygens (including phenoxy) is 2. The Morgan fingerprint density at radius 2 is 1.81 bits per heavy atom. The van der Waals surface area contributed by atoms with Crippen LogP contribution in [-0.2, 0) is 4.79 Å². The number of para-hydroxylation sites is 2. The minimum atomic E-state index is -0.539. The quantitative estimate of drug-likeness (QED) is 0.853. The number of hydrogen-bond donors (Lipinski definition) is 1. The first-order chi connectivity index (χ1) is 9.63. The Labute approximate surface area is 131 Å². The Kier molecular flexibility index (Phi) is 4.96. The number of nitrogens with zero attached hydrogens (tertiary/aromatic N) is 1. The number of amides is 1. The molecule has 0 saturated carbocycles. The second-order valence-electron chi connectivity index (χ2n) is 5.58. The summed E-state index contributed by atoms with van der Waals surface area (Å²) in [5.41, 5.74) is 0. The SMILES string of the molecule is CC1CN(C(=O)C2COc3ccccc3O2)CC(C)N1.Cl. The molecule has 1 N–H and O–H groups in total. The average molecular weight is 313 g/mol. The molecule has 2 heterocycles. The van der Waals surface area contributed by atoms with Gasteiger partial charge in [-0.15, -0.1) is 12.4 Å². The lowest BCUT2D eigenvalue weighted by Gasteiger charge is -2.38. The van der Waals surface area contributed by atoms with E-state index in [1.807, 2.05) is 29.2 Å². The lowest BCUT2D eigenvalue weighted by Crippen LogP contribution is -2.59. The summed E-state index contributed by atoms with van der Waals surface area (Å²) in [4.78, 5) is 14.4. The second kappa shape index (κ2) is 6.54. The number of piperazine rings is 1. The molecular formula is C15H21ClN2O3. The van der Waals surface area contributed by atoms with Crippen molar-refractivity contribution in [3.8, 4) is 11.5 Å². The van der Waals surface area contributed by atoms with Crippen molar-refractivity contribution < 1.29 is 14.3 Å². The molecular weight excluding hydrogens is 292 g/mol. The molecule has 0 spiro atoms. The number of fused-ring (bicyclic) bond motifs is 1. The summed E-state index contributed by atoms with van der Waals surface area (Å²) in [6.45, 7) is 5.88. The number of hydrogen-bond acceptors (Lipinski definition) is 4. The zero-order valence-corrected chi connectivity index (χ0v) is 13.1. The highest BCUT2D eigenvalue weighted by Gasteiger charge is 2.34. The second-order valence-corrected chi connectivity index (χ2v) is 5.58. The van der Waals surface area contributed by atoms with E-state index in [0.717, 1.165) is 0 Å². The van der Waals surface area contributed by atoms with Crippen molar-refractivity contribution in [2.75, 3.05) is 19.7 Å². The predicted molar refractivity (Wildman–Crippen MR) is 82.2 cm³/mol. The molecule has 3 atom stereocenters. The molecule has 3 unspecified atom stereocenters. The maximum atomic E-state index is 12.5. The average Bonchev–Trinajstić information content (AvgIpc) is 2.45. The van der Waals surface area contributed by atoms with E-state index in [1.54, 1.807) is 0 Å². The van der Waals surface area contributed by atoms with Crippen LogP contribution in [0, 0.1) is 0 Å². The molecule has 0 aromatic heterocycles. The molecule has 5 nitrogen and oxygen atoms in total. The van der Waals surface area contributed by atoms with Gasteiger partial charge in [-0.25, -0.2) is 0 Å². The number of carbonyl (C=O) groups is 1. The third-order valence-corrected chi connectivity index (χ3v) is 3.65. The highest BCUT2D eigenvalue weighted by atomic mass is 35.5. The third kappa shape index (κ3) is 3.41. The molecule has 21 heavy (non-hydrogen) atoms. The summed E-state index contributed by atoms with van der Waals surface area (Å²) < 4.78 is 11.4. The van der Waals surface area contributed by atoms with Crippen LogP contribution >= 0.6 is 12.4 Å². The first-order valence-electron chi connectivity index (χ1n) is 7.07. The van der Waals surface area contributed by atoms with Crippen LogP contribution in [0.15, 0.2) is 24.3 Å². The first kappa shape index (κ1) is 15.9. The first-order valence-corrected chi connectivity index (χ1v) is 7.07. The number of halogens is 1. The molecule has 1 aromatic carbocycles. The fourth-order valence-corrected chi connectivity index (χ4v) is 2.85. The van der Waals surface area contributed by atoms with Crippen LogP contribution < -0.4 is 14.8 Å². The van der Waals surface area contributed by atoms with Crippen molar-refractivity contribution in [1.29, 1.82) is 0 Å². The summed E-state index contributed by atoms with van der Waals surface area (Å²) >= 11 is 0. The fourth-order valence-electron chi connectivity index (χ4n) is 2.85. The monoisotopic (exact) mass is 312 g/mol. The molecule has 116 valence electrons. The molecule has 1 fully saturated rings. The van der Waals surface area contributed by atoms with Crippen LogP contribution in [0.1, 0.15) is 13.8 Å². The van der Waals surface area contributed by atoms with Gasteiger partial charge in [0, 0.05) is 25.2 Å². The lowest BCUT2D eigenvalue weighted by atomic mass is 10.1. The van der Waals surface area contributed by atoms with Gasteiger partial charge < -0.3 is 19.7 Å². The van der Waals surface area contributed by atoms with Crippen LogP contribution in [0.25, 0.3) is 0 Å². The van der Waals surface area contributed by atoms with Gasteiger partial charge in [-0.1, -0.05) is 12.1 Å². The fraction of sp³-hybridized carbons (Fsp3) is 0.533. The van der Waals surface area contributed by atoms with Crippen LogP contribution in [0.2, 0.25) is 0 Å². The molecule has 1 amide bonds. The molecule has 1 saturated heterocycles. The van der Waals surface area contributed by atoms with E-state index < -0.39 is 6.10 Å². The Balaban J connectivity index is 0.00000161. The molecule has 1 aromatic rings. The van der Waals surface area contributed by atoms with Crippen molar-refractivity contribution in [1.82, 2.24) is 10.2 Å². The minimum absolute atomic E-state index is 0. The highest BCUT2D eigenvalue weighted by Crippen LogP contribution is 2.31. The van der Waals surface area contributed by atoms with Gasteiger partial charge in [-0.05, 0) is 26.0 Å². The Morgan fingerprint density at radius 1 is 1.19 bits per heavy atom. The summed E-state index contributed by atoms with van der Waals surface area (Å²) in [6.07, 6.45) is -0.539. The van der Waals surface area contributed by atoms with Gasteiger partial charge >= 0.3 is 0 Å². The van der Waals surface area contributed by atoms with Crippen molar-refractivity contribution >= 4 is 18.3 Å². The normalized spacial score (nSPS) is 27.7. The van der Waals surface area contributed by atoms with Crippen LogP contribution in [0.5, 0.6) is 11.5 Å². The van der Waals surface area contributed by atoms with Crippen molar-refractivity contribution in [2.45, 2.75) is 32.0 Å². The number of nitrogens with one attached hydrogen (secondary N) is 1. The maximum Gasteiger partial charge on any atom is 0.267 e. The maximum absolute atomic E-state index is 12.5. The Hall–Kier alpha value is -1.46. The van der Waals surface area contributed by atoms with Gasteiger partial charge in [0.05, 0.1) is 0 Å². The minimum Gasteiger partial charge on any atom is -0.485 e. The molecule has 2 aliphatic heterocycles. The lowest BCUT2D eigenvalue weighted by molar-refractivity contribution is -0.143. The van der Waals surface area contributed by atoms with Crippen LogP contribution in [-0.4, -0.2) is 48.7 Å². The van der Waals surface area contributed by atoms with E-state index in [9.17, 15) is 4.79 Å². The van der Waals surface area contributed by atoms with E-state index >= 15 is 0 Å². The molecule has 3 rings (SSSR count). The van der Waals surface area contributed by atoms with Gasteiger partial charge in [0.15, 0.2) is 11.5 Å². The zero-order valence-electron chi connectivity index (χ0n) is 12.2. The number of carbonyl (C=O) groups excluding carboxylic acids is 1. The smallest absolute Gasteiger partial charge is 0.267 e. The summed E-state index contributed by atoms with van der Waals surface area (Å²) in [6, 6.07) is 8.07. The van der Waals surface area contributed by atoms with Gasteiger partial charge in [0.25, 0.3) is 5.91 Å². The number of benzene rings is 1. The molecule has 0 radical (unpaired) electrons. The molecule has 0 aliphatic carbocycles. The van der Waals surface area contributed by atoms with Gasteiger partial charge in [-0.3, -0.25) is 4.79 Å². The molecule has 6 heteroatoms. The van der Waals surface area contributed by atoms with Gasteiger partial charge in [-0.2, -0.15) is 0 Å². The summed E-state index contributed by atoms with van der Waals surface area (Å²) in [5.74, 6) is 1.37. The van der Waals surface area contributed by atoms with E-state index in [2.05, 4.69) is 19.2 Å². The molecule has 2 aliphatic rings. The Bertz CT molecular complexity index is 501. The van der Waals surface area contributed by atoms with Crippen LogP contribution in [0.3, 0.4) is 0 Å². The molecule has 0 bridgehead atoms. The van der Waals surface area contributed by atoms with E-state index in [4.69, 9.17) is 9.47 Å². The highest BCUT2D eigenvalue weighted by molar-refractivity contribution is 5.85. The summed E-state index contributed by atoms with van der Waals surface area (Å²) in [7, 11) is 0. The number of rotatable bonds is 1.